The van der Waals surface area contributed by atoms with Gasteiger partial charge in [-0.2, -0.15) is 0 Å². The van der Waals surface area contributed by atoms with Crippen molar-refractivity contribution in [2.45, 2.75) is 20.3 Å². The zero-order valence-corrected chi connectivity index (χ0v) is 9.07. The van der Waals surface area contributed by atoms with E-state index in [1.807, 2.05) is 20.0 Å². The van der Waals surface area contributed by atoms with Gasteiger partial charge in [0.25, 0.3) is 0 Å². The van der Waals surface area contributed by atoms with Crippen molar-refractivity contribution in [3.05, 3.63) is 48.0 Å². The zero-order chi connectivity index (χ0) is 10.7. The highest BCUT2D eigenvalue weighted by Gasteiger charge is 2.17. The van der Waals surface area contributed by atoms with E-state index in [1.165, 1.54) is 16.7 Å². The van der Waals surface area contributed by atoms with Gasteiger partial charge in [0.15, 0.2) is 0 Å². The second kappa shape index (κ2) is 4.22. The Labute approximate surface area is 90.0 Å². The molecule has 0 amide bonds. The third kappa shape index (κ3) is 1.63. The molecule has 2 aromatic rings. The van der Waals surface area contributed by atoms with Crippen molar-refractivity contribution in [2.75, 3.05) is 0 Å². The average Bonchev–Trinajstić information content (AvgIpc) is 2.70. The van der Waals surface area contributed by atoms with Crippen LogP contribution in [-0.2, 0) is 6.42 Å². The summed E-state index contributed by atoms with van der Waals surface area (Å²) in [7, 11) is 0. The molecule has 1 aromatic heterocycles. The summed E-state index contributed by atoms with van der Waals surface area (Å²) in [5.41, 5.74) is 4.99. The first-order valence-electron chi connectivity index (χ1n) is 5.32. The molecule has 0 saturated carbocycles. The molecule has 0 spiro atoms. The van der Waals surface area contributed by atoms with Crippen molar-refractivity contribution in [2.24, 2.45) is 0 Å². The number of hydrogen-bond acceptors (Lipinski definition) is 2. The van der Waals surface area contributed by atoms with Crippen LogP contribution in [0.3, 0.4) is 0 Å². The molecule has 3 rings (SSSR count). The SMILES string of the molecule is CC.c1ccc2c(c1)Cc1ncncc1-2. The number of aromatic nitrogens is 2. The number of hydrogen-bond donors (Lipinski definition) is 0. The molecule has 0 saturated heterocycles. The summed E-state index contributed by atoms with van der Waals surface area (Å²) in [6, 6.07) is 8.40. The minimum absolute atomic E-state index is 0.952. The Hall–Kier alpha value is -1.70. The molecule has 0 atom stereocenters. The highest BCUT2D eigenvalue weighted by Crippen LogP contribution is 2.33. The van der Waals surface area contributed by atoms with Gasteiger partial charge in [0.05, 0.1) is 5.69 Å². The van der Waals surface area contributed by atoms with Gasteiger partial charge in [-0.25, -0.2) is 9.97 Å². The van der Waals surface area contributed by atoms with Crippen LogP contribution >= 0.6 is 0 Å². The number of nitrogens with zero attached hydrogens (tertiary/aromatic N) is 2. The molecule has 1 aliphatic carbocycles. The summed E-state index contributed by atoms with van der Waals surface area (Å²) in [4.78, 5) is 8.31. The normalized spacial score (nSPS) is 11.1. The Kier molecular flexibility index (Phi) is 2.77. The maximum atomic E-state index is 4.26. The molecule has 0 N–H and O–H groups in total. The van der Waals surface area contributed by atoms with Crippen LogP contribution in [0.15, 0.2) is 36.8 Å². The van der Waals surface area contributed by atoms with E-state index in [0.717, 1.165) is 12.1 Å². The van der Waals surface area contributed by atoms with Crippen molar-refractivity contribution in [3.8, 4) is 11.1 Å². The van der Waals surface area contributed by atoms with Gasteiger partial charge in [0, 0.05) is 18.2 Å². The molecule has 0 bridgehead atoms. The molecule has 15 heavy (non-hydrogen) atoms. The van der Waals surface area contributed by atoms with E-state index in [2.05, 4.69) is 34.2 Å². The first-order chi connectivity index (χ1) is 7.45. The molecule has 2 heteroatoms. The molecule has 1 aromatic carbocycles. The van der Waals surface area contributed by atoms with Crippen LogP contribution in [0, 0.1) is 0 Å². The van der Waals surface area contributed by atoms with E-state index in [0.29, 0.717) is 0 Å². The second-order valence-corrected chi connectivity index (χ2v) is 3.22. The lowest BCUT2D eigenvalue weighted by Gasteiger charge is -1.96. The fourth-order valence-electron chi connectivity index (χ4n) is 1.84. The van der Waals surface area contributed by atoms with Crippen molar-refractivity contribution >= 4 is 0 Å². The molecule has 1 heterocycles. The predicted molar refractivity (Wildman–Crippen MR) is 61.6 cm³/mol. The maximum absolute atomic E-state index is 4.26. The van der Waals surface area contributed by atoms with Gasteiger partial charge in [0.1, 0.15) is 6.33 Å². The zero-order valence-electron chi connectivity index (χ0n) is 9.07. The smallest absolute Gasteiger partial charge is 0.115 e. The molecule has 76 valence electrons. The summed E-state index contributed by atoms with van der Waals surface area (Å²) in [6.07, 6.45) is 4.47. The van der Waals surface area contributed by atoms with Gasteiger partial charge in [-0.3, -0.25) is 0 Å². The summed E-state index contributed by atoms with van der Waals surface area (Å²) in [6.45, 7) is 4.00. The van der Waals surface area contributed by atoms with Crippen LogP contribution < -0.4 is 0 Å². The van der Waals surface area contributed by atoms with Crippen molar-refractivity contribution in [1.82, 2.24) is 9.97 Å². The van der Waals surface area contributed by atoms with Crippen LogP contribution in [0.5, 0.6) is 0 Å². The summed E-state index contributed by atoms with van der Waals surface area (Å²) in [5.74, 6) is 0. The number of fused-ring (bicyclic) bond motifs is 3. The van der Waals surface area contributed by atoms with E-state index in [9.17, 15) is 0 Å². The lowest BCUT2D eigenvalue weighted by Crippen LogP contribution is -1.86. The quantitative estimate of drug-likeness (QED) is 0.554. The van der Waals surface area contributed by atoms with Gasteiger partial charge in [0.2, 0.25) is 0 Å². The Morgan fingerprint density at radius 2 is 1.87 bits per heavy atom. The Morgan fingerprint density at radius 3 is 2.73 bits per heavy atom. The molecule has 0 fully saturated rings. The highest BCUT2D eigenvalue weighted by molar-refractivity contribution is 5.74. The minimum Gasteiger partial charge on any atom is -0.244 e. The van der Waals surface area contributed by atoms with Gasteiger partial charge < -0.3 is 0 Å². The molecule has 0 aliphatic heterocycles. The van der Waals surface area contributed by atoms with Crippen LogP contribution in [-0.4, -0.2) is 9.97 Å². The Bertz CT molecular complexity index is 420. The predicted octanol–water partition coefficient (Wildman–Crippen LogP) is 3.07. The topological polar surface area (TPSA) is 25.8 Å². The van der Waals surface area contributed by atoms with E-state index in [4.69, 9.17) is 0 Å². The molecule has 0 unspecified atom stereocenters. The summed E-state index contributed by atoms with van der Waals surface area (Å²) < 4.78 is 0. The van der Waals surface area contributed by atoms with Crippen LogP contribution in [0.2, 0.25) is 0 Å². The fraction of sp³-hybridized carbons (Fsp3) is 0.231. The third-order valence-electron chi connectivity index (χ3n) is 2.46. The van der Waals surface area contributed by atoms with Gasteiger partial charge in [-0.1, -0.05) is 38.1 Å². The third-order valence-corrected chi connectivity index (χ3v) is 2.46. The average molecular weight is 198 g/mol. The molecule has 1 aliphatic rings. The first-order valence-corrected chi connectivity index (χ1v) is 5.32. The van der Waals surface area contributed by atoms with Crippen LogP contribution in [0.4, 0.5) is 0 Å². The van der Waals surface area contributed by atoms with E-state index < -0.39 is 0 Å². The van der Waals surface area contributed by atoms with Crippen LogP contribution in [0.1, 0.15) is 25.1 Å². The lowest BCUT2D eigenvalue weighted by molar-refractivity contribution is 1.07. The molecule has 2 nitrogen and oxygen atoms in total. The van der Waals surface area contributed by atoms with Gasteiger partial charge in [-0.15, -0.1) is 0 Å². The molecular weight excluding hydrogens is 184 g/mol. The Balaban J connectivity index is 0.000000404. The highest BCUT2D eigenvalue weighted by atomic mass is 14.8. The maximum Gasteiger partial charge on any atom is 0.115 e. The van der Waals surface area contributed by atoms with Crippen LogP contribution in [0.25, 0.3) is 11.1 Å². The fourth-order valence-corrected chi connectivity index (χ4v) is 1.84. The molecular formula is C13H14N2. The molecule has 0 radical (unpaired) electrons. The number of benzene rings is 1. The van der Waals surface area contributed by atoms with E-state index >= 15 is 0 Å². The monoisotopic (exact) mass is 198 g/mol. The van der Waals surface area contributed by atoms with Gasteiger partial charge in [-0.05, 0) is 11.1 Å². The lowest BCUT2D eigenvalue weighted by atomic mass is 10.1. The van der Waals surface area contributed by atoms with Crippen molar-refractivity contribution in [3.63, 3.8) is 0 Å². The van der Waals surface area contributed by atoms with Crippen molar-refractivity contribution in [1.29, 1.82) is 0 Å². The largest absolute Gasteiger partial charge is 0.244 e. The summed E-state index contributed by atoms with van der Waals surface area (Å²) in [5, 5.41) is 0. The van der Waals surface area contributed by atoms with Gasteiger partial charge >= 0.3 is 0 Å². The first kappa shape index (κ1) is 9.84. The van der Waals surface area contributed by atoms with E-state index in [-0.39, 0.29) is 0 Å². The van der Waals surface area contributed by atoms with Crippen molar-refractivity contribution < 1.29 is 0 Å². The minimum atomic E-state index is 0.952. The Morgan fingerprint density at radius 1 is 1.07 bits per heavy atom. The number of rotatable bonds is 0. The summed E-state index contributed by atoms with van der Waals surface area (Å²) >= 11 is 0. The standard InChI is InChI=1S/C11H8N2.C2H6/c1-2-4-9-8(3-1)5-11-10(9)6-12-7-13-11;1-2/h1-4,6-7H,5H2;1-2H3. The second-order valence-electron chi connectivity index (χ2n) is 3.22. The van der Waals surface area contributed by atoms with E-state index in [1.54, 1.807) is 6.33 Å².